The van der Waals surface area contributed by atoms with Crippen LogP contribution in [0.5, 0.6) is 0 Å². The number of carboxylic acid groups (broad SMARTS) is 1. The molecule has 6 nitrogen and oxygen atoms in total. The van der Waals surface area contributed by atoms with Crippen LogP contribution in [0.3, 0.4) is 0 Å². The first-order valence-electron chi connectivity index (χ1n) is 5.93. The largest absolute Gasteiger partial charge is 0.480 e. The summed E-state index contributed by atoms with van der Waals surface area (Å²) in [6, 6.07) is -0.772. The quantitative estimate of drug-likeness (QED) is 0.685. The van der Waals surface area contributed by atoms with Crippen molar-refractivity contribution in [3.05, 3.63) is 12.2 Å². The molecule has 0 bridgehead atoms. The summed E-state index contributed by atoms with van der Waals surface area (Å²) in [5.74, 6) is 1.95. The van der Waals surface area contributed by atoms with Gasteiger partial charge in [-0.25, -0.2) is 9.67 Å². The Kier molecular flexibility index (Phi) is 6.14. The maximum absolute atomic E-state index is 10.5. The number of nitrogens with zero attached hydrogens (tertiary/aromatic N) is 3. The zero-order valence-corrected chi connectivity index (χ0v) is 11.6. The molecule has 0 fully saturated rings. The van der Waals surface area contributed by atoms with Crippen molar-refractivity contribution in [3.63, 3.8) is 0 Å². The third-order valence-electron chi connectivity index (χ3n) is 2.36. The Balaban J connectivity index is 2.31. The van der Waals surface area contributed by atoms with Crippen molar-refractivity contribution >= 4 is 17.7 Å². The SMILES string of the molecule is CC(C)Cn1ncnc1CSCCC(N)C(=O)O. The second-order valence-corrected chi connectivity index (χ2v) is 5.64. The number of carboxylic acids is 1. The maximum atomic E-state index is 10.5. The lowest BCUT2D eigenvalue weighted by Crippen LogP contribution is -2.30. The molecule has 0 radical (unpaired) electrons. The van der Waals surface area contributed by atoms with Gasteiger partial charge in [-0.15, -0.1) is 0 Å². The van der Waals surface area contributed by atoms with Gasteiger partial charge in [0.1, 0.15) is 18.2 Å². The van der Waals surface area contributed by atoms with Gasteiger partial charge < -0.3 is 10.8 Å². The Hall–Kier alpha value is -1.08. The van der Waals surface area contributed by atoms with E-state index < -0.39 is 12.0 Å². The minimum absolute atomic E-state index is 0.471. The molecule has 102 valence electrons. The number of hydrogen-bond acceptors (Lipinski definition) is 5. The molecule has 1 aromatic heterocycles. The van der Waals surface area contributed by atoms with Crippen LogP contribution in [0.15, 0.2) is 6.33 Å². The van der Waals surface area contributed by atoms with E-state index in [0.29, 0.717) is 18.1 Å². The van der Waals surface area contributed by atoms with Crippen molar-refractivity contribution in [1.29, 1.82) is 0 Å². The lowest BCUT2D eigenvalue weighted by atomic mass is 10.2. The molecule has 0 aliphatic heterocycles. The molecular formula is C11H20N4O2S. The van der Waals surface area contributed by atoms with E-state index in [0.717, 1.165) is 18.1 Å². The summed E-state index contributed by atoms with van der Waals surface area (Å²) in [4.78, 5) is 14.7. The van der Waals surface area contributed by atoms with Gasteiger partial charge in [-0.05, 0) is 18.1 Å². The molecule has 0 saturated heterocycles. The highest BCUT2D eigenvalue weighted by molar-refractivity contribution is 7.98. The van der Waals surface area contributed by atoms with E-state index in [1.54, 1.807) is 18.1 Å². The summed E-state index contributed by atoms with van der Waals surface area (Å²) >= 11 is 1.63. The molecule has 1 rings (SSSR count). The van der Waals surface area contributed by atoms with Gasteiger partial charge in [-0.1, -0.05) is 13.8 Å². The predicted octanol–water partition coefficient (Wildman–Crippen LogP) is 0.969. The highest BCUT2D eigenvalue weighted by Crippen LogP contribution is 2.12. The Labute approximate surface area is 111 Å². The number of rotatable bonds is 8. The van der Waals surface area contributed by atoms with Crippen LogP contribution >= 0.6 is 11.8 Å². The second-order valence-electron chi connectivity index (χ2n) is 4.54. The van der Waals surface area contributed by atoms with E-state index in [4.69, 9.17) is 10.8 Å². The lowest BCUT2D eigenvalue weighted by Gasteiger charge is -2.09. The number of carbonyl (C=O) groups is 1. The second kappa shape index (κ2) is 7.38. The van der Waals surface area contributed by atoms with E-state index >= 15 is 0 Å². The zero-order valence-electron chi connectivity index (χ0n) is 10.7. The third kappa shape index (κ3) is 5.05. The number of hydrogen-bond donors (Lipinski definition) is 2. The fourth-order valence-corrected chi connectivity index (χ4v) is 2.37. The fraction of sp³-hybridized carbons (Fsp3) is 0.727. The predicted molar refractivity (Wildman–Crippen MR) is 71.3 cm³/mol. The minimum Gasteiger partial charge on any atom is -0.480 e. The number of thioether (sulfide) groups is 1. The summed E-state index contributed by atoms with van der Waals surface area (Å²) in [6.07, 6.45) is 2.03. The molecule has 1 heterocycles. The van der Waals surface area contributed by atoms with E-state index in [-0.39, 0.29) is 0 Å². The van der Waals surface area contributed by atoms with Crippen molar-refractivity contribution in [2.75, 3.05) is 5.75 Å². The molecule has 1 unspecified atom stereocenters. The summed E-state index contributed by atoms with van der Waals surface area (Å²) in [5.41, 5.74) is 5.43. The number of aliphatic carboxylic acids is 1. The fourth-order valence-electron chi connectivity index (χ4n) is 1.40. The number of nitrogens with two attached hydrogens (primary N) is 1. The zero-order chi connectivity index (χ0) is 13.5. The van der Waals surface area contributed by atoms with E-state index in [1.807, 2.05) is 4.68 Å². The molecule has 1 atom stereocenters. The Morgan fingerprint density at radius 2 is 2.33 bits per heavy atom. The van der Waals surface area contributed by atoms with Gasteiger partial charge in [0.2, 0.25) is 0 Å². The van der Waals surface area contributed by atoms with Crippen molar-refractivity contribution in [3.8, 4) is 0 Å². The van der Waals surface area contributed by atoms with Crippen LogP contribution in [-0.4, -0.2) is 37.6 Å². The standard InChI is InChI=1S/C11H20N4O2S/c1-8(2)5-15-10(13-7-14-15)6-18-4-3-9(12)11(16)17/h7-9H,3-6,12H2,1-2H3,(H,16,17). The van der Waals surface area contributed by atoms with Crippen LogP contribution in [0.4, 0.5) is 0 Å². The van der Waals surface area contributed by atoms with E-state index in [1.165, 1.54) is 0 Å². The van der Waals surface area contributed by atoms with Gasteiger partial charge >= 0.3 is 5.97 Å². The van der Waals surface area contributed by atoms with Crippen molar-refractivity contribution < 1.29 is 9.90 Å². The average molecular weight is 272 g/mol. The van der Waals surface area contributed by atoms with Crippen LogP contribution < -0.4 is 5.73 Å². The first kappa shape index (κ1) is 15.0. The molecule has 0 saturated carbocycles. The maximum Gasteiger partial charge on any atom is 0.320 e. The Morgan fingerprint density at radius 3 is 2.94 bits per heavy atom. The first-order valence-corrected chi connectivity index (χ1v) is 7.09. The van der Waals surface area contributed by atoms with E-state index in [9.17, 15) is 4.79 Å². The van der Waals surface area contributed by atoms with Gasteiger partial charge in [0.15, 0.2) is 0 Å². The smallest absolute Gasteiger partial charge is 0.320 e. The summed E-state index contributed by atoms with van der Waals surface area (Å²) in [5, 5.41) is 12.8. The molecule has 7 heteroatoms. The summed E-state index contributed by atoms with van der Waals surface area (Å²) < 4.78 is 1.90. The molecule has 0 aliphatic carbocycles. The van der Waals surface area contributed by atoms with Crippen LogP contribution in [0.2, 0.25) is 0 Å². The third-order valence-corrected chi connectivity index (χ3v) is 3.34. The average Bonchev–Trinajstić information content (AvgIpc) is 2.70. The van der Waals surface area contributed by atoms with Crippen LogP contribution in [0.25, 0.3) is 0 Å². The summed E-state index contributed by atoms with van der Waals surface area (Å²) in [6.45, 7) is 5.11. The number of aromatic nitrogens is 3. The van der Waals surface area contributed by atoms with Crippen LogP contribution in [-0.2, 0) is 17.1 Å². The van der Waals surface area contributed by atoms with Crippen molar-refractivity contribution in [1.82, 2.24) is 14.8 Å². The minimum atomic E-state index is -0.946. The Morgan fingerprint density at radius 1 is 1.61 bits per heavy atom. The van der Waals surface area contributed by atoms with E-state index in [2.05, 4.69) is 23.9 Å². The topological polar surface area (TPSA) is 94.0 Å². The van der Waals surface area contributed by atoms with Gasteiger partial charge in [0, 0.05) is 6.54 Å². The van der Waals surface area contributed by atoms with Crippen LogP contribution in [0, 0.1) is 5.92 Å². The molecule has 0 aromatic carbocycles. The first-order chi connectivity index (χ1) is 8.50. The molecule has 18 heavy (non-hydrogen) atoms. The molecule has 3 N–H and O–H groups in total. The lowest BCUT2D eigenvalue weighted by molar-refractivity contribution is -0.138. The van der Waals surface area contributed by atoms with Crippen LogP contribution in [0.1, 0.15) is 26.1 Å². The van der Waals surface area contributed by atoms with Gasteiger partial charge in [0.25, 0.3) is 0 Å². The molecular weight excluding hydrogens is 252 g/mol. The highest BCUT2D eigenvalue weighted by Gasteiger charge is 2.11. The van der Waals surface area contributed by atoms with Crippen molar-refractivity contribution in [2.24, 2.45) is 11.7 Å². The molecule has 0 amide bonds. The molecule has 0 aliphatic rings. The Bertz CT molecular complexity index is 381. The molecule has 0 spiro atoms. The summed E-state index contributed by atoms with van der Waals surface area (Å²) in [7, 11) is 0. The normalized spacial score (nSPS) is 12.9. The van der Waals surface area contributed by atoms with Gasteiger partial charge in [-0.3, -0.25) is 4.79 Å². The van der Waals surface area contributed by atoms with Gasteiger partial charge in [-0.2, -0.15) is 16.9 Å². The highest BCUT2D eigenvalue weighted by atomic mass is 32.2. The van der Waals surface area contributed by atoms with Crippen molar-refractivity contribution in [2.45, 2.75) is 38.6 Å². The monoisotopic (exact) mass is 272 g/mol. The van der Waals surface area contributed by atoms with Gasteiger partial charge in [0.05, 0.1) is 5.75 Å². The molecule has 1 aromatic rings.